The first kappa shape index (κ1) is 22.9. The van der Waals surface area contributed by atoms with Crippen molar-refractivity contribution in [1.29, 1.82) is 0 Å². The third-order valence-electron chi connectivity index (χ3n) is 5.81. The molecule has 4 aromatic rings. The van der Waals surface area contributed by atoms with Gasteiger partial charge in [0.1, 0.15) is 5.76 Å². The van der Waals surface area contributed by atoms with Gasteiger partial charge in [0.25, 0.3) is 5.56 Å². The standard InChI is InChI=1S/C25H32N6O2/c1-16(2)22(23-27-28-29-31(23)25(4,5)6)30(15-20-8-7-11-33-20)14-19-13-18-12-17(3)9-10-21(18)26-24(19)32/h7-13,16,22H,14-15H2,1-6H3,(H,26,32). The molecule has 0 saturated carbocycles. The molecule has 0 spiro atoms. The van der Waals surface area contributed by atoms with Crippen LogP contribution in [0.3, 0.4) is 0 Å². The molecule has 8 heteroatoms. The van der Waals surface area contributed by atoms with Gasteiger partial charge >= 0.3 is 0 Å². The molecule has 0 bridgehead atoms. The predicted octanol–water partition coefficient (Wildman–Crippen LogP) is 4.57. The largest absolute Gasteiger partial charge is 0.468 e. The number of fused-ring (bicyclic) bond motifs is 1. The van der Waals surface area contributed by atoms with Crippen molar-refractivity contribution in [1.82, 2.24) is 30.1 Å². The monoisotopic (exact) mass is 448 g/mol. The predicted molar refractivity (Wildman–Crippen MR) is 128 cm³/mol. The van der Waals surface area contributed by atoms with Crippen LogP contribution >= 0.6 is 0 Å². The van der Waals surface area contributed by atoms with E-state index in [4.69, 9.17) is 4.42 Å². The topological polar surface area (TPSA) is 92.8 Å². The number of pyridine rings is 1. The SMILES string of the molecule is Cc1ccc2[nH]c(=O)c(CN(Cc3ccco3)C(c3nnnn3C(C)(C)C)C(C)C)cc2c1. The zero-order chi connectivity index (χ0) is 23.8. The number of rotatable bonds is 7. The number of furan rings is 1. The fourth-order valence-electron chi connectivity index (χ4n) is 4.30. The zero-order valence-corrected chi connectivity index (χ0v) is 20.2. The number of hydrogen-bond acceptors (Lipinski definition) is 6. The average molecular weight is 449 g/mol. The molecule has 1 N–H and O–H groups in total. The van der Waals surface area contributed by atoms with Gasteiger partial charge < -0.3 is 9.40 Å². The Balaban J connectivity index is 1.79. The number of hydrogen-bond donors (Lipinski definition) is 1. The minimum absolute atomic E-state index is 0.0892. The Kier molecular flexibility index (Phi) is 6.21. The first-order chi connectivity index (χ1) is 15.6. The summed E-state index contributed by atoms with van der Waals surface area (Å²) in [6.45, 7) is 13.5. The molecule has 0 aliphatic heterocycles. The highest BCUT2D eigenvalue weighted by molar-refractivity contribution is 5.79. The first-order valence-electron chi connectivity index (χ1n) is 11.3. The van der Waals surface area contributed by atoms with Crippen LogP contribution in [0.5, 0.6) is 0 Å². The lowest BCUT2D eigenvalue weighted by Gasteiger charge is -2.34. The summed E-state index contributed by atoms with van der Waals surface area (Å²) in [7, 11) is 0. The van der Waals surface area contributed by atoms with Crippen LogP contribution in [-0.2, 0) is 18.6 Å². The highest BCUT2D eigenvalue weighted by atomic mass is 16.3. The summed E-state index contributed by atoms with van der Waals surface area (Å²) in [5.74, 6) is 1.79. The summed E-state index contributed by atoms with van der Waals surface area (Å²) in [5.41, 5.74) is 2.32. The van der Waals surface area contributed by atoms with Crippen molar-refractivity contribution in [2.75, 3.05) is 0 Å². The van der Waals surface area contributed by atoms with Crippen LogP contribution in [0, 0.1) is 12.8 Å². The minimum atomic E-state index is -0.278. The van der Waals surface area contributed by atoms with E-state index in [1.807, 2.05) is 35.0 Å². The van der Waals surface area contributed by atoms with Crippen molar-refractivity contribution in [3.63, 3.8) is 0 Å². The Hall–Kier alpha value is -3.26. The van der Waals surface area contributed by atoms with Crippen LogP contribution in [0.2, 0.25) is 0 Å². The van der Waals surface area contributed by atoms with Gasteiger partial charge in [-0.05, 0) is 79.8 Å². The van der Waals surface area contributed by atoms with E-state index in [2.05, 4.69) is 73.0 Å². The number of nitrogens with one attached hydrogen (secondary N) is 1. The van der Waals surface area contributed by atoms with Gasteiger partial charge in [-0.2, -0.15) is 0 Å². The fourth-order valence-corrected chi connectivity index (χ4v) is 4.30. The third-order valence-corrected chi connectivity index (χ3v) is 5.81. The van der Waals surface area contributed by atoms with Crippen molar-refractivity contribution in [3.05, 3.63) is 75.7 Å². The molecular weight excluding hydrogens is 416 g/mol. The van der Waals surface area contributed by atoms with Crippen LogP contribution in [0.25, 0.3) is 10.9 Å². The Morgan fingerprint density at radius 1 is 1.15 bits per heavy atom. The van der Waals surface area contributed by atoms with E-state index in [9.17, 15) is 4.79 Å². The molecule has 8 nitrogen and oxygen atoms in total. The number of benzene rings is 1. The molecule has 0 aliphatic carbocycles. The van der Waals surface area contributed by atoms with E-state index >= 15 is 0 Å². The number of aromatic nitrogens is 5. The van der Waals surface area contributed by atoms with Crippen molar-refractivity contribution in [3.8, 4) is 0 Å². The summed E-state index contributed by atoms with van der Waals surface area (Å²) in [6.07, 6.45) is 1.67. The maximum absolute atomic E-state index is 13.0. The average Bonchev–Trinajstić information content (AvgIpc) is 3.40. The van der Waals surface area contributed by atoms with Gasteiger partial charge in [-0.15, -0.1) is 5.10 Å². The zero-order valence-electron chi connectivity index (χ0n) is 20.2. The number of aromatic amines is 1. The maximum Gasteiger partial charge on any atom is 0.252 e. The molecule has 3 heterocycles. The van der Waals surface area contributed by atoms with Gasteiger partial charge in [-0.1, -0.05) is 25.5 Å². The third kappa shape index (κ3) is 4.90. The van der Waals surface area contributed by atoms with E-state index in [1.165, 1.54) is 0 Å². The second kappa shape index (κ2) is 8.94. The molecule has 1 atom stereocenters. The van der Waals surface area contributed by atoms with Crippen LogP contribution in [0.15, 0.2) is 51.9 Å². The lowest BCUT2D eigenvalue weighted by Crippen LogP contribution is -2.37. The molecule has 174 valence electrons. The smallest absolute Gasteiger partial charge is 0.252 e. The Bertz CT molecular complexity index is 1280. The summed E-state index contributed by atoms with van der Waals surface area (Å²) in [4.78, 5) is 18.3. The lowest BCUT2D eigenvalue weighted by molar-refractivity contribution is 0.111. The molecule has 33 heavy (non-hydrogen) atoms. The van der Waals surface area contributed by atoms with E-state index in [1.54, 1.807) is 6.26 Å². The molecule has 0 aliphatic rings. The quantitative estimate of drug-likeness (QED) is 0.445. The van der Waals surface area contributed by atoms with Crippen LogP contribution in [0.4, 0.5) is 0 Å². The van der Waals surface area contributed by atoms with Crippen molar-refractivity contribution >= 4 is 10.9 Å². The van der Waals surface area contributed by atoms with Crippen LogP contribution in [0.1, 0.15) is 63.4 Å². The highest BCUT2D eigenvalue weighted by Gasteiger charge is 2.33. The first-order valence-corrected chi connectivity index (χ1v) is 11.3. The van der Waals surface area contributed by atoms with Gasteiger partial charge in [0, 0.05) is 17.6 Å². The van der Waals surface area contributed by atoms with Crippen molar-refractivity contribution < 1.29 is 4.42 Å². The van der Waals surface area contributed by atoms with Crippen molar-refractivity contribution in [2.45, 2.75) is 66.2 Å². The summed E-state index contributed by atoms with van der Waals surface area (Å²) < 4.78 is 7.55. The van der Waals surface area contributed by atoms with E-state index < -0.39 is 0 Å². The van der Waals surface area contributed by atoms with Crippen LogP contribution in [-0.4, -0.2) is 30.1 Å². The van der Waals surface area contributed by atoms with Gasteiger partial charge in [-0.3, -0.25) is 9.69 Å². The highest BCUT2D eigenvalue weighted by Crippen LogP contribution is 2.32. The number of aryl methyl sites for hydroxylation is 1. The second-order valence-electron chi connectivity index (χ2n) is 10.0. The van der Waals surface area contributed by atoms with Gasteiger partial charge in [0.05, 0.1) is 24.4 Å². The second-order valence-corrected chi connectivity index (χ2v) is 10.0. The van der Waals surface area contributed by atoms with E-state index in [-0.39, 0.29) is 23.1 Å². The summed E-state index contributed by atoms with van der Waals surface area (Å²) in [5, 5.41) is 13.7. The minimum Gasteiger partial charge on any atom is -0.468 e. The molecule has 1 aromatic carbocycles. The number of nitrogens with zero attached hydrogens (tertiary/aromatic N) is 5. The lowest BCUT2D eigenvalue weighted by atomic mass is 9.98. The van der Waals surface area contributed by atoms with Gasteiger partial charge in [0.15, 0.2) is 5.82 Å². The normalized spacial score (nSPS) is 13.3. The fraction of sp³-hybridized carbons (Fsp3) is 0.440. The molecule has 0 fully saturated rings. The maximum atomic E-state index is 13.0. The van der Waals surface area contributed by atoms with Gasteiger partial charge in [-0.25, -0.2) is 4.68 Å². The van der Waals surface area contributed by atoms with Crippen LogP contribution < -0.4 is 5.56 Å². The molecule has 0 amide bonds. The molecule has 0 saturated heterocycles. The van der Waals surface area contributed by atoms with Gasteiger partial charge in [0.2, 0.25) is 0 Å². The summed E-state index contributed by atoms with van der Waals surface area (Å²) >= 11 is 0. The molecular formula is C25H32N6O2. The molecule has 4 rings (SSSR count). The Labute approximate surface area is 193 Å². The van der Waals surface area contributed by atoms with Crippen molar-refractivity contribution in [2.24, 2.45) is 5.92 Å². The van der Waals surface area contributed by atoms with E-state index in [0.29, 0.717) is 18.7 Å². The molecule has 0 radical (unpaired) electrons. The molecule has 1 unspecified atom stereocenters. The Morgan fingerprint density at radius 2 is 1.94 bits per heavy atom. The number of H-pyrrole nitrogens is 1. The molecule has 3 aromatic heterocycles. The summed E-state index contributed by atoms with van der Waals surface area (Å²) in [6, 6.07) is 11.7. The number of tetrazole rings is 1. The Morgan fingerprint density at radius 3 is 2.61 bits per heavy atom. The van der Waals surface area contributed by atoms with E-state index in [0.717, 1.165) is 28.1 Å².